The van der Waals surface area contributed by atoms with Crippen molar-refractivity contribution in [3.8, 4) is 0 Å². The number of rotatable bonds is 3. The van der Waals surface area contributed by atoms with Gasteiger partial charge in [0.2, 0.25) is 0 Å². The van der Waals surface area contributed by atoms with Crippen LogP contribution in [0.4, 0.5) is 0 Å². The molecule has 2 aromatic rings. The van der Waals surface area contributed by atoms with Crippen LogP contribution in [0.25, 0.3) is 11.3 Å². The molecule has 2 atom stereocenters. The molecule has 2 heterocycles. The summed E-state index contributed by atoms with van der Waals surface area (Å²) in [6.07, 6.45) is -0.0985. The molecule has 0 unspecified atom stereocenters. The number of fused-ring (bicyclic) bond motifs is 1. The van der Waals surface area contributed by atoms with Gasteiger partial charge in [-0.25, -0.2) is 4.79 Å². The summed E-state index contributed by atoms with van der Waals surface area (Å²) in [7, 11) is 1.32. The van der Waals surface area contributed by atoms with Crippen LogP contribution < -0.4 is 0 Å². The van der Waals surface area contributed by atoms with Crippen LogP contribution in [0, 0.1) is 5.92 Å². The Morgan fingerprint density at radius 3 is 2.71 bits per heavy atom. The number of hydrogen-bond acceptors (Lipinski definition) is 5. The molecule has 0 radical (unpaired) electrons. The second-order valence-corrected chi connectivity index (χ2v) is 6.74. The number of carbonyl (C=O) groups excluding carboxylic acids is 1. The van der Waals surface area contributed by atoms with Crippen LogP contribution in [-0.2, 0) is 14.3 Å². The number of aliphatic hydroxyl groups is 1. The standard InChI is InChI=1S/C19H16O4S/c1-22-19(21)13-10-12-15(14-8-5-9-24-14)17(23-18(12)16(13)20)11-6-3-2-4-7-11/h2-9,12,18,20H,10H2,1H3/t12-,18+/m0/s1. The van der Waals surface area contributed by atoms with Gasteiger partial charge in [-0.2, -0.15) is 0 Å². The molecule has 4 rings (SSSR count). The third-order valence-corrected chi connectivity index (χ3v) is 5.39. The highest BCUT2D eigenvalue weighted by Crippen LogP contribution is 2.52. The zero-order chi connectivity index (χ0) is 16.7. The normalized spacial score (nSPS) is 22.5. The quantitative estimate of drug-likeness (QED) is 0.858. The monoisotopic (exact) mass is 340 g/mol. The van der Waals surface area contributed by atoms with E-state index < -0.39 is 12.1 Å². The van der Waals surface area contributed by atoms with E-state index in [9.17, 15) is 9.90 Å². The predicted molar refractivity (Wildman–Crippen MR) is 92.2 cm³/mol. The molecule has 1 aromatic heterocycles. The van der Waals surface area contributed by atoms with Crippen molar-refractivity contribution in [2.45, 2.75) is 12.5 Å². The molecule has 1 aromatic carbocycles. The van der Waals surface area contributed by atoms with E-state index in [2.05, 4.69) is 0 Å². The van der Waals surface area contributed by atoms with Gasteiger partial charge >= 0.3 is 5.97 Å². The van der Waals surface area contributed by atoms with Crippen LogP contribution in [-0.4, -0.2) is 24.3 Å². The maximum absolute atomic E-state index is 11.9. The fraction of sp³-hybridized carbons (Fsp3) is 0.211. The third-order valence-electron chi connectivity index (χ3n) is 4.48. The van der Waals surface area contributed by atoms with Crippen molar-refractivity contribution < 1.29 is 19.4 Å². The zero-order valence-corrected chi connectivity index (χ0v) is 13.9. The Kier molecular flexibility index (Phi) is 3.65. The van der Waals surface area contributed by atoms with Crippen LogP contribution >= 0.6 is 11.3 Å². The Labute approximate surface area is 143 Å². The van der Waals surface area contributed by atoms with Crippen LogP contribution in [0.5, 0.6) is 0 Å². The SMILES string of the molecule is COC(=O)C1=C(O)[C@@H]2OC(c3ccccc3)=C(c3cccs3)[C@@H]2C1. The average Bonchev–Trinajstić information content (AvgIpc) is 3.32. The number of esters is 1. The zero-order valence-electron chi connectivity index (χ0n) is 13.1. The molecular formula is C19H16O4S. The third kappa shape index (κ3) is 2.24. The van der Waals surface area contributed by atoms with E-state index in [-0.39, 0.29) is 11.7 Å². The lowest BCUT2D eigenvalue weighted by molar-refractivity contribution is -0.136. The van der Waals surface area contributed by atoms with E-state index in [1.165, 1.54) is 7.11 Å². The largest absolute Gasteiger partial charge is 0.508 e. The fourth-order valence-corrected chi connectivity index (χ4v) is 4.23. The molecule has 0 amide bonds. The van der Waals surface area contributed by atoms with Crippen molar-refractivity contribution in [1.82, 2.24) is 0 Å². The molecule has 1 aliphatic heterocycles. The van der Waals surface area contributed by atoms with Crippen molar-refractivity contribution in [2.24, 2.45) is 5.92 Å². The Balaban J connectivity index is 1.80. The highest BCUT2D eigenvalue weighted by atomic mass is 32.1. The topological polar surface area (TPSA) is 55.8 Å². The molecule has 122 valence electrons. The van der Waals surface area contributed by atoms with Gasteiger partial charge in [-0.1, -0.05) is 36.4 Å². The van der Waals surface area contributed by atoms with Gasteiger partial charge in [0.25, 0.3) is 0 Å². The van der Waals surface area contributed by atoms with E-state index in [0.717, 1.165) is 21.8 Å². The molecule has 5 heteroatoms. The molecular weight excluding hydrogens is 324 g/mol. The van der Waals surface area contributed by atoms with Crippen LogP contribution in [0.1, 0.15) is 16.9 Å². The Morgan fingerprint density at radius 1 is 1.25 bits per heavy atom. The maximum atomic E-state index is 11.9. The molecule has 0 saturated heterocycles. The first-order valence-corrected chi connectivity index (χ1v) is 8.59. The van der Waals surface area contributed by atoms with E-state index in [0.29, 0.717) is 12.0 Å². The summed E-state index contributed by atoms with van der Waals surface area (Å²) in [5.74, 6) is 0.209. The maximum Gasteiger partial charge on any atom is 0.337 e. The first kappa shape index (κ1) is 15.0. The second-order valence-electron chi connectivity index (χ2n) is 5.79. The average molecular weight is 340 g/mol. The lowest BCUT2D eigenvalue weighted by Crippen LogP contribution is -2.14. The Hall–Kier alpha value is -2.53. The van der Waals surface area contributed by atoms with E-state index in [1.54, 1.807) is 11.3 Å². The number of methoxy groups -OCH3 is 1. The summed E-state index contributed by atoms with van der Waals surface area (Å²) in [4.78, 5) is 13.0. The van der Waals surface area contributed by atoms with Crippen LogP contribution in [0.3, 0.4) is 0 Å². The lowest BCUT2D eigenvalue weighted by Gasteiger charge is -2.12. The number of hydrogen-bond donors (Lipinski definition) is 1. The van der Waals surface area contributed by atoms with Gasteiger partial charge in [-0.15, -0.1) is 11.3 Å². The van der Waals surface area contributed by atoms with Gasteiger partial charge in [0.05, 0.1) is 12.7 Å². The summed E-state index contributed by atoms with van der Waals surface area (Å²) in [5, 5.41) is 12.5. The second kappa shape index (κ2) is 5.83. The van der Waals surface area contributed by atoms with Crippen molar-refractivity contribution in [3.63, 3.8) is 0 Å². The van der Waals surface area contributed by atoms with Crippen molar-refractivity contribution in [2.75, 3.05) is 7.11 Å². The van der Waals surface area contributed by atoms with Crippen molar-refractivity contribution >= 4 is 28.6 Å². The highest BCUT2D eigenvalue weighted by Gasteiger charge is 2.48. The van der Waals surface area contributed by atoms with Gasteiger partial charge in [0.15, 0.2) is 6.10 Å². The van der Waals surface area contributed by atoms with Gasteiger partial charge in [0, 0.05) is 21.9 Å². The summed E-state index contributed by atoms with van der Waals surface area (Å²) in [6.45, 7) is 0. The van der Waals surface area contributed by atoms with Gasteiger partial charge in [-0.05, 0) is 17.9 Å². The summed E-state index contributed by atoms with van der Waals surface area (Å²) < 4.78 is 10.9. The summed E-state index contributed by atoms with van der Waals surface area (Å²) in [6, 6.07) is 13.9. The Morgan fingerprint density at radius 2 is 2.04 bits per heavy atom. The van der Waals surface area contributed by atoms with E-state index in [1.807, 2.05) is 47.8 Å². The molecule has 0 bridgehead atoms. The highest BCUT2D eigenvalue weighted by molar-refractivity contribution is 7.11. The molecule has 2 aliphatic rings. The number of benzene rings is 1. The minimum Gasteiger partial charge on any atom is -0.508 e. The lowest BCUT2D eigenvalue weighted by atomic mass is 9.92. The molecule has 1 N–H and O–H groups in total. The van der Waals surface area contributed by atoms with Crippen LogP contribution in [0.2, 0.25) is 0 Å². The van der Waals surface area contributed by atoms with Gasteiger partial charge in [0.1, 0.15) is 11.5 Å². The number of ether oxygens (including phenoxy) is 2. The van der Waals surface area contributed by atoms with Crippen LogP contribution in [0.15, 0.2) is 59.2 Å². The smallest absolute Gasteiger partial charge is 0.337 e. The molecule has 24 heavy (non-hydrogen) atoms. The minimum absolute atomic E-state index is 0.00756. The Bertz CT molecular complexity index is 834. The summed E-state index contributed by atoms with van der Waals surface area (Å²) >= 11 is 1.63. The summed E-state index contributed by atoms with van der Waals surface area (Å²) in [5.41, 5.74) is 2.34. The molecule has 0 saturated carbocycles. The molecule has 4 nitrogen and oxygen atoms in total. The predicted octanol–water partition coefficient (Wildman–Crippen LogP) is 4.02. The molecule has 0 spiro atoms. The van der Waals surface area contributed by atoms with E-state index >= 15 is 0 Å². The molecule has 0 fully saturated rings. The van der Waals surface area contributed by atoms with Crippen molar-refractivity contribution in [1.29, 1.82) is 0 Å². The van der Waals surface area contributed by atoms with Gasteiger partial charge in [-0.3, -0.25) is 0 Å². The first-order valence-electron chi connectivity index (χ1n) is 7.71. The van der Waals surface area contributed by atoms with E-state index in [4.69, 9.17) is 9.47 Å². The fourth-order valence-electron chi connectivity index (χ4n) is 3.39. The first-order chi connectivity index (χ1) is 11.7. The molecule has 1 aliphatic carbocycles. The minimum atomic E-state index is -0.522. The number of aliphatic hydroxyl groups excluding tert-OH is 1. The van der Waals surface area contributed by atoms with Gasteiger partial charge < -0.3 is 14.6 Å². The number of thiophene rings is 1. The number of carbonyl (C=O) groups is 1. The van der Waals surface area contributed by atoms with Crippen molar-refractivity contribution in [3.05, 3.63) is 69.6 Å².